The van der Waals surface area contributed by atoms with E-state index in [0.29, 0.717) is 63.7 Å². The zero-order chi connectivity index (χ0) is 44.0. The molecule has 0 radical (unpaired) electrons. The maximum atomic E-state index is 13.3. The minimum atomic E-state index is -0.974. The highest BCUT2D eigenvalue weighted by Crippen LogP contribution is 2.39. The van der Waals surface area contributed by atoms with E-state index in [0.717, 1.165) is 79.8 Å². The summed E-state index contributed by atoms with van der Waals surface area (Å²) in [5.41, 5.74) is 4.12. The molecular formula is C46H47Cl2N9O6. The van der Waals surface area contributed by atoms with E-state index in [1.54, 1.807) is 18.3 Å². The van der Waals surface area contributed by atoms with Crippen LogP contribution in [0.25, 0.3) is 0 Å². The number of benzene rings is 3. The molecule has 0 bridgehead atoms. The summed E-state index contributed by atoms with van der Waals surface area (Å²) in [6.07, 6.45) is 2.01. The van der Waals surface area contributed by atoms with Gasteiger partial charge >= 0.3 is 0 Å². The van der Waals surface area contributed by atoms with Crippen LogP contribution < -0.4 is 24.6 Å². The minimum Gasteiger partial charge on any atom is -0.489 e. The van der Waals surface area contributed by atoms with Crippen molar-refractivity contribution < 1.29 is 28.7 Å². The number of amides is 4. The molecule has 3 aromatic carbocycles. The van der Waals surface area contributed by atoms with E-state index >= 15 is 0 Å². The Hall–Kier alpha value is -5.79. The predicted octanol–water partition coefficient (Wildman–Crippen LogP) is 4.62. The van der Waals surface area contributed by atoms with Crippen LogP contribution in [0.4, 0.5) is 11.6 Å². The number of fused-ring (bicyclic) bond motifs is 1. The van der Waals surface area contributed by atoms with Gasteiger partial charge in [0.2, 0.25) is 17.8 Å². The number of anilines is 2. The Morgan fingerprint density at radius 1 is 0.841 bits per heavy atom. The number of rotatable bonds is 13. The van der Waals surface area contributed by atoms with E-state index in [1.165, 1.54) is 0 Å². The lowest BCUT2D eigenvalue weighted by molar-refractivity contribution is -0.136. The Balaban J connectivity index is 0.721. The average Bonchev–Trinajstić information content (AvgIpc) is 3.49. The number of piperazine rings is 1. The van der Waals surface area contributed by atoms with Gasteiger partial charge in [-0.1, -0.05) is 37.6 Å². The zero-order valence-corrected chi connectivity index (χ0v) is 36.6. The topological polar surface area (TPSA) is 165 Å². The number of hydrogen-bond donors (Lipinski definition) is 1. The van der Waals surface area contributed by atoms with Crippen molar-refractivity contribution >= 4 is 58.5 Å². The Kier molecular flexibility index (Phi) is 11.7. The average molecular weight is 893 g/mol. The van der Waals surface area contributed by atoms with Crippen molar-refractivity contribution in [3.63, 3.8) is 0 Å². The molecule has 4 amide bonds. The first-order valence-electron chi connectivity index (χ1n) is 21.2. The summed E-state index contributed by atoms with van der Waals surface area (Å²) < 4.78 is 11.8. The number of carbonyl (C=O) groups is 4. The number of piperidine rings is 1. The largest absolute Gasteiger partial charge is 0.489 e. The van der Waals surface area contributed by atoms with Crippen molar-refractivity contribution in [3.05, 3.63) is 105 Å². The Labute approximate surface area is 375 Å². The Morgan fingerprint density at radius 3 is 2.19 bits per heavy atom. The van der Waals surface area contributed by atoms with Gasteiger partial charge in [0.25, 0.3) is 11.8 Å². The normalized spacial score (nSPS) is 20.0. The fraction of sp³-hybridized carbons (Fsp3) is 0.413. The van der Waals surface area contributed by atoms with Crippen molar-refractivity contribution in [1.82, 2.24) is 30.0 Å². The summed E-state index contributed by atoms with van der Waals surface area (Å²) >= 11 is 12.3. The smallest absolute Gasteiger partial charge is 0.262 e. The number of nitriles is 1. The number of ether oxygens (including phenoxy) is 2. The van der Waals surface area contributed by atoms with Gasteiger partial charge in [0.1, 0.15) is 31.1 Å². The summed E-state index contributed by atoms with van der Waals surface area (Å²) in [5, 5.41) is 12.4. The Morgan fingerprint density at radius 2 is 1.52 bits per heavy atom. The fourth-order valence-corrected chi connectivity index (χ4v) is 9.45. The van der Waals surface area contributed by atoms with Gasteiger partial charge in [0.05, 0.1) is 33.3 Å². The quantitative estimate of drug-likeness (QED) is 0.146. The maximum absolute atomic E-state index is 13.3. The molecule has 15 nitrogen and oxygen atoms in total. The second-order valence-electron chi connectivity index (χ2n) is 17.1. The van der Waals surface area contributed by atoms with Gasteiger partial charge in [0.15, 0.2) is 5.75 Å². The molecule has 0 spiro atoms. The molecule has 63 heavy (non-hydrogen) atoms. The molecule has 0 saturated carbocycles. The minimum absolute atomic E-state index is 0.0905. The molecule has 4 fully saturated rings. The van der Waals surface area contributed by atoms with Crippen LogP contribution >= 0.6 is 23.2 Å². The molecule has 6 heterocycles. The van der Waals surface area contributed by atoms with Crippen molar-refractivity contribution in [2.75, 3.05) is 74.6 Å². The first-order chi connectivity index (χ1) is 30.4. The van der Waals surface area contributed by atoms with E-state index in [4.69, 9.17) is 37.7 Å². The number of alkyl halides is 1. The lowest BCUT2D eigenvalue weighted by atomic mass is 9.77. The molecule has 1 atom stereocenters. The van der Waals surface area contributed by atoms with Gasteiger partial charge in [-0.05, 0) is 66.1 Å². The van der Waals surface area contributed by atoms with Gasteiger partial charge in [-0.2, -0.15) is 5.26 Å². The second kappa shape index (κ2) is 17.4. The molecule has 5 aliphatic rings. The summed E-state index contributed by atoms with van der Waals surface area (Å²) in [6.45, 7) is 12.0. The van der Waals surface area contributed by atoms with Crippen molar-refractivity contribution in [2.45, 2.75) is 56.8 Å². The standard InChI is InChI=1S/C46H47Cl2N9O6/c1-46(2,30-19-28(22-49)41(38(48)20-30)62-18-12-47)29-3-6-35(7-4-29)63-27-31-11-13-50-45(51-31)56-25-34(26-56)54-16-14-53(15-17-54)33-23-55(24-33)32-5-8-36-37(21-32)44(61)57(43(36)60)39-9-10-40(58)52-42(39)59/h3-8,11,13,19-21,33-34,39H,9-10,12,14-18,23-27H2,1-2H3,(H,52,58,59). The van der Waals surface area contributed by atoms with E-state index in [2.05, 4.69) is 49.8 Å². The lowest BCUT2D eigenvalue weighted by Gasteiger charge is -2.52. The van der Waals surface area contributed by atoms with Gasteiger partial charge in [0, 0.05) is 88.2 Å². The number of halogens is 2. The van der Waals surface area contributed by atoms with Crippen LogP contribution in [0.3, 0.4) is 0 Å². The Bertz CT molecular complexity index is 2490. The highest BCUT2D eigenvalue weighted by atomic mass is 35.5. The monoisotopic (exact) mass is 891 g/mol. The van der Waals surface area contributed by atoms with Gasteiger partial charge in [-0.25, -0.2) is 9.97 Å². The highest BCUT2D eigenvalue weighted by molar-refractivity contribution is 6.32. The van der Waals surface area contributed by atoms with Crippen molar-refractivity contribution in [3.8, 4) is 17.6 Å². The molecule has 4 aromatic rings. The molecule has 1 unspecified atom stereocenters. The molecule has 4 saturated heterocycles. The maximum Gasteiger partial charge on any atom is 0.262 e. The van der Waals surface area contributed by atoms with Gasteiger partial charge < -0.3 is 19.3 Å². The number of nitrogens with zero attached hydrogens (tertiary/aromatic N) is 8. The SMILES string of the molecule is CC(C)(c1ccc(OCc2ccnc(N3CC(N4CCN(C5CN(c6ccc7c(c6)C(=O)N(C6CCC(=O)NC6=O)C7=O)C5)CC4)C3)n2)cc1)c1cc(Cl)c(OCCCl)c(C#N)c1. The summed E-state index contributed by atoms with van der Waals surface area (Å²) in [5.74, 6) is 0.0797. The molecule has 9 rings (SSSR count). The van der Waals surface area contributed by atoms with Crippen LogP contribution in [-0.2, 0) is 21.6 Å². The summed E-state index contributed by atoms with van der Waals surface area (Å²) in [4.78, 5) is 70.4. The second-order valence-corrected chi connectivity index (χ2v) is 17.9. The number of nitrogens with one attached hydrogen (secondary N) is 1. The summed E-state index contributed by atoms with van der Waals surface area (Å²) in [6, 6.07) is 20.8. The number of aromatic nitrogens is 2. The van der Waals surface area contributed by atoms with E-state index < -0.39 is 35.1 Å². The lowest BCUT2D eigenvalue weighted by Crippen LogP contribution is -2.67. The van der Waals surface area contributed by atoms with E-state index in [9.17, 15) is 24.4 Å². The molecule has 326 valence electrons. The third-order valence-electron chi connectivity index (χ3n) is 13.1. The third kappa shape index (κ3) is 8.28. The molecular weight excluding hydrogens is 845 g/mol. The third-order valence-corrected chi connectivity index (χ3v) is 13.5. The first kappa shape index (κ1) is 42.5. The molecule has 5 aliphatic heterocycles. The fourth-order valence-electron chi connectivity index (χ4n) is 9.10. The van der Waals surface area contributed by atoms with Crippen molar-refractivity contribution in [2.24, 2.45) is 0 Å². The van der Waals surface area contributed by atoms with Gasteiger partial charge in [-0.15, -0.1) is 11.6 Å². The molecule has 1 aromatic heterocycles. The predicted molar refractivity (Wildman–Crippen MR) is 236 cm³/mol. The summed E-state index contributed by atoms with van der Waals surface area (Å²) in [7, 11) is 0. The van der Waals surface area contributed by atoms with Crippen LogP contribution in [0.15, 0.2) is 66.9 Å². The molecule has 1 N–H and O–H groups in total. The van der Waals surface area contributed by atoms with E-state index in [-0.39, 0.29) is 19.4 Å². The van der Waals surface area contributed by atoms with Crippen LogP contribution in [0.2, 0.25) is 5.02 Å². The van der Waals surface area contributed by atoms with E-state index in [1.807, 2.05) is 48.5 Å². The van der Waals surface area contributed by atoms with Gasteiger partial charge in [-0.3, -0.25) is 39.2 Å². The van der Waals surface area contributed by atoms with Crippen molar-refractivity contribution in [1.29, 1.82) is 5.26 Å². The van der Waals surface area contributed by atoms with Crippen LogP contribution in [0.5, 0.6) is 11.5 Å². The first-order valence-corrected chi connectivity index (χ1v) is 22.1. The number of hydrogen-bond acceptors (Lipinski definition) is 13. The highest BCUT2D eigenvalue weighted by Gasteiger charge is 2.45. The van der Waals surface area contributed by atoms with Crippen LogP contribution in [-0.4, -0.2) is 131 Å². The zero-order valence-electron chi connectivity index (χ0n) is 35.1. The number of imide groups is 2. The van der Waals surface area contributed by atoms with Crippen LogP contribution in [0.1, 0.15) is 69.8 Å². The number of carbonyl (C=O) groups excluding carboxylic acids is 4. The molecule has 0 aliphatic carbocycles. The molecule has 17 heteroatoms. The van der Waals surface area contributed by atoms with Crippen LogP contribution in [0, 0.1) is 11.3 Å².